The topological polar surface area (TPSA) is 29.5 Å². The van der Waals surface area contributed by atoms with Gasteiger partial charge in [0.15, 0.2) is 0 Å². The lowest BCUT2D eigenvalue weighted by atomic mass is 10.0. The van der Waals surface area contributed by atoms with Crippen molar-refractivity contribution in [3.63, 3.8) is 0 Å². The molecular formula is C10H19NO2. The van der Waals surface area contributed by atoms with Crippen LogP contribution < -0.4 is 0 Å². The predicted octanol–water partition coefficient (Wildman–Crippen LogP) is 2.26. The van der Waals surface area contributed by atoms with Crippen LogP contribution in [0.15, 0.2) is 0 Å². The number of carbonyl (C=O) groups excluding carboxylic acids is 1. The molecule has 1 fully saturated rings. The highest BCUT2D eigenvalue weighted by atomic mass is 16.6. The minimum absolute atomic E-state index is 0.113. The van der Waals surface area contributed by atoms with E-state index < -0.39 is 0 Å². The maximum Gasteiger partial charge on any atom is 0.410 e. The van der Waals surface area contributed by atoms with Gasteiger partial charge in [0.1, 0.15) is 6.10 Å². The molecule has 3 heteroatoms. The molecule has 1 heterocycles. The summed E-state index contributed by atoms with van der Waals surface area (Å²) in [5.41, 5.74) is 0. The van der Waals surface area contributed by atoms with Gasteiger partial charge in [0.2, 0.25) is 0 Å². The van der Waals surface area contributed by atoms with Crippen LogP contribution in [0.1, 0.15) is 34.1 Å². The van der Waals surface area contributed by atoms with E-state index in [9.17, 15) is 4.79 Å². The third-order valence-corrected chi connectivity index (χ3v) is 2.51. The zero-order valence-corrected chi connectivity index (χ0v) is 8.91. The molecule has 0 N–H and O–H groups in total. The summed E-state index contributed by atoms with van der Waals surface area (Å²) in [5, 5.41) is 0. The molecule has 0 bridgehead atoms. The lowest BCUT2D eigenvalue weighted by molar-refractivity contribution is -0.00329. The van der Waals surface area contributed by atoms with E-state index in [-0.39, 0.29) is 18.2 Å². The third-order valence-electron chi connectivity index (χ3n) is 2.51. The highest BCUT2D eigenvalue weighted by Gasteiger charge is 2.29. The molecule has 13 heavy (non-hydrogen) atoms. The maximum atomic E-state index is 11.5. The molecule has 0 aromatic carbocycles. The van der Waals surface area contributed by atoms with Crippen LogP contribution in [-0.2, 0) is 4.74 Å². The normalized spacial score (nSPS) is 24.0. The van der Waals surface area contributed by atoms with Gasteiger partial charge in [0, 0.05) is 19.0 Å². The van der Waals surface area contributed by atoms with Crippen molar-refractivity contribution >= 4 is 6.09 Å². The summed E-state index contributed by atoms with van der Waals surface area (Å²) in [7, 11) is 0. The molecule has 1 saturated heterocycles. The van der Waals surface area contributed by atoms with Crippen LogP contribution in [0, 0.1) is 5.92 Å². The minimum Gasteiger partial charge on any atom is -0.446 e. The Bertz CT molecular complexity index is 189. The predicted molar refractivity (Wildman–Crippen MR) is 51.6 cm³/mol. The molecule has 0 saturated carbocycles. The van der Waals surface area contributed by atoms with Crippen LogP contribution in [0.5, 0.6) is 0 Å². The smallest absolute Gasteiger partial charge is 0.410 e. The van der Waals surface area contributed by atoms with E-state index in [0.717, 1.165) is 13.0 Å². The number of nitrogens with zero attached hydrogens (tertiary/aromatic N) is 1. The van der Waals surface area contributed by atoms with E-state index in [1.54, 1.807) is 4.90 Å². The Morgan fingerprint density at radius 3 is 2.38 bits per heavy atom. The second-order valence-electron chi connectivity index (χ2n) is 4.24. The van der Waals surface area contributed by atoms with Crippen LogP contribution in [0.3, 0.4) is 0 Å². The Labute approximate surface area is 80.1 Å². The molecule has 0 aromatic heterocycles. The summed E-state index contributed by atoms with van der Waals surface area (Å²) in [6.45, 7) is 9.03. The van der Waals surface area contributed by atoms with E-state index >= 15 is 0 Å². The quantitative estimate of drug-likeness (QED) is 0.660. The molecular weight excluding hydrogens is 166 g/mol. The number of rotatable bonds is 2. The van der Waals surface area contributed by atoms with Gasteiger partial charge < -0.3 is 9.64 Å². The van der Waals surface area contributed by atoms with Crippen molar-refractivity contribution in [3.05, 3.63) is 0 Å². The molecule has 1 rings (SSSR count). The zero-order chi connectivity index (χ0) is 10.0. The Balaban J connectivity index is 2.52. The fraction of sp³-hybridized carbons (Fsp3) is 0.900. The number of carbonyl (C=O) groups is 1. The van der Waals surface area contributed by atoms with Crippen molar-refractivity contribution in [1.82, 2.24) is 4.90 Å². The monoisotopic (exact) mass is 185 g/mol. The molecule has 1 amide bonds. The third kappa shape index (κ3) is 2.36. The van der Waals surface area contributed by atoms with Crippen LogP contribution in [0.2, 0.25) is 0 Å². The Hall–Kier alpha value is -0.730. The van der Waals surface area contributed by atoms with Gasteiger partial charge in [-0.3, -0.25) is 0 Å². The summed E-state index contributed by atoms with van der Waals surface area (Å²) in [6.07, 6.45) is 0.921. The molecule has 1 atom stereocenters. The standard InChI is InChI=1S/C10H19NO2/c1-7(2)9-5-6-11(8(3)4)10(12)13-9/h7-9H,5-6H2,1-4H3. The highest BCUT2D eigenvalue weighted by molar-refractivity contribution is 5.68. The van der Waals surface area contributed by atoms with Crippen molar-refractivity contribution in [2.45, 2.75) is 46.3 Å². The fourth-order valence-electron chi connectivity index (χ4n) is 1.55. The lowest BCUT2D eigenvalue weighted by Gasteiger charge is -2.35. The Morgan fingerprint density at radius 1 is 1.38 bits per heavy atom. The summed E-state index contributed by atoms with van der Waals surface area (Å²) in [5.74, 6) is 0.429. The van der Waals surface area contributed by atoms with Crippen LogP contribution in [-0.4, -0.2) is 29.7 Å². The van der Waals surface area contributed by atoms with Gasteiger partial charge in [-0.15, -0.1) is 0 Å². The van der Waals surface area contributed by atoms with E-state index in [1.807, 2.05) is 13.8 Å². The molecule has 1 aliphatic heterocycles. The van der Waals surface area contributed by atoms with E-state index in [1.165, 1.54) is 0 Å². The van der Waals surface area contributed by atoms with Crippen molar-refractivity contribution < 1.29 is 9.53 Å². The van der Waals surface area contributed by atoms with E-state index in [4.69, 9.17) is 4.74 Å². The van der Waals surface area contributed by atoms with Crippen molar-refractivity contribution in [2.75, 3.05) is 6.54 Å². The summed E-state index contributed by atoms with van der Waals surface area (Å²) >= 11 is 0. The molecule has 0 radical (unpaired) electrons. The number of cyclic esters (lactones) is 1. The second kappa shape index (κ2) is 3.99. The van der Waals surface area contributed by atoms with Gasteiger partial charge in [-0.05, 0) is 19.8 Å². The molecule has 76 valence electrons. The van der Waals surface area contributed by atoms with Gasteiger partial charge in [-0.1, -0.05) is 13.8 Å². The van der Waals surface area contributed by atoms with Crippen LogP contribution in [0.4, 0.5) is 4.79 Å². The summed E-state index contributed by atoms with van der Waals surface area (Å²) in [6, 6.07) is 0.251. The first-order valence-electron chi connectivity index (χ1n) is 4.99. The highest BCUT2D eigenvalue weighted by Crippen LogP contribution is 2.19. The molecule has 0 spiro atoms. The van der Waals surface area contributed by atoms with E-state index in [0.29, 0.717) is 5.92 Å². The van der Waals surface area contributed by atoms with Gasteiger partial charge in [0.05, 0.1) is 0 Å². The van der Waals surface area contributed by atoms with E-state index in [2.05, 4.69) is 13.8 Å². The van der Waals surface area contributed by atoms with Crippen LogP contribution in [0.25, 0.3) is 0 Å². The first-order chi connectivity index (χ1) is 6.02. The van der Waals surface area contributed by atoms with Crippen molar-refractivity contribution in [1.29, 1.82) is 0 Å². The van der Waals surface area contributed by atoms with Gasteiger partial charge in [0.25, 0.3) is 0 Å². The number of ether oxygens (including phenoxy) is 1. The van der Waals surface area contributed by atoms with Gasteiger partial charge >= 0.3 is 6.09 Å². The summed E-state index contributed by atoms with van der Waals surface area (Å²) in [4.78, 5) is 13.2. The summed E-state index contributed by atoms with van der Waals surface area (Å²) < 4.78 is 5.31. The maximum absolute atomic E-state index is 11.5. The number of hydrogen-bond acceptors (Lipinski definition) is 2. The first-order valence-corrected chi connectivity index (χ1v) is 4.99. The first kappa shape index (κ1) is 10.4. The van der Waals surface area contributed by atoms with Gasteiger partial charge in [-0.2, -0.15) is 0 Å². The molecule has 0 aliphatic carbocycles. The SMILES string of the molecule is CC(C)C1CCN(C(C)C)C(=O)O1. The molecule has 1 aliphatic rings. The number of amides is 1. The fourth-order valence-corrected chi connectivity index (χ4v) is 1.55. The van der Waals surface area contributed by atoms with Crippen LogP contribution >= 0.6 is 0 Å². The molecule has 0 aromatic rings. The number of hydrogen-bond donors (Lipinski definition) is 0. The largest absolute Gasteiger partial charge is 0.446 e. The minimum atomic E-state index is -0.153. The van der Waals surface area contributed by atoms with Crippen molar-refractivity contribution in [2.24, 2.45) is 5.92 Å². The lowest BCUT2D eigenvalue weighted by Crippen LogP contribution is -2.46. The molecule has 3 nitrogen and oxygen atoms in total. The zero-order valence-electron chi connectivity index (χ0n) is 8.91. The van der Waals surface area contributed by atoms with Crippen molar-refractivity contribution in [3.8, 4) is 0 Å². The Kier molecular flexibility index (Phi) is 3.17. The Morgan fingerprint density at radius 2 is 2.00 bits per heavy atom. The van der Waals surface area contributed by atoms with Gasteiger partial charge in [-0.25, -0.2) is 4.79 Å². The average Bonchev–Trinajstić information content (AvgIpc) is 2.03. The average molecular weight is 185 g/mol. The second-order valence-corrected chi connectivity index (χ2v) is 4.24. The molecule has 1 unspecified atom stereocenters.